The Morgan fingerprint density at radius 2 is 0.578 bits per heavy atom. The van der Waals surface area contributed by atoms with Gasteiger partial charge in [0.1, 0.15) is 21.1 Å². The van der Waals surface area contributed by atoms with Crippen molar-refractivity contribution in [3.05, 3.63) is 232 Å². The van der Waals surface area contributed by atoms with Crippen LogP contribution in [-0.4, -0.2) is 0 Å². The van der Waals surface area contributed by atoms with E-state index in [1.807, 2.05) is 0 Å². The lowest BCUT2D eigenvalue weighted by molar-refractivity contribution is -0.660. The van der Waals surface area contributed by atoms with Gasteiger partial charge in [-0.15, -0.1) is 0 Å². The van der Waals surface area contributed by atoms with Gasteiger partial charge in [-0.05, 0) is 222 Å². The van der Waals surface area contributed by atoms with E-state index >= 15 is 0 Å². The van der Waals surface area contributed by atoms with Gasteiger partial charge in [0.25, 0.3) is 0 Å². The van der Waals surface area contributed by atoms with Gasteiger partial charge >= 0.3 is 0 Å². The summed E-state index contributed by atoms with van der Waals surface area (Å²) in [5.41, 5.74) is 31.2. The topological polar surface area (TPSA) is 11.6 Å². The van der Waals surface area contributed by atoms with Crippen molar-refractivity contribution in [2.75, 3.05) is 0 Å². The van der Waals surface area contributed by atoms with Crippen molar-refractivity contribution in [2.45, 2.75) is 149 Å². The number of aryl methyl sites for hydroxylation is 7. The van der Waals surface area contributed by atoms with Crippen LogP contribution in [0.4, 0.5) is 0 Å². The maximum Gasteiger partial charge on any atom is 0.213 e. The lowest BCUT2D eigenvalue weighted by Crippen LogP contribution is -2.30. The van der Waals surface area contributed by atoms with Gasteiger partial charge in [-0.2, -0.15) is 0 Å². The molecule has 15 rings (SSSR count). The van der Waals surface area contributed by atoms with Crippen LogP contribution in [0.3, 0.4) is 0 Å². The molecule has 420 valence electrons. The predicted octanol–water partition coefficient (Wildman–Crippen LogP) is 18.2. The second-order valence-corrected chi connectivity index (χ2v) is 27.0. The fourth-order valence-corrected chi connectivity index (χ4v) is 16.4. The Morgan fingerprint density at radius 1 is 0.277 bits per heavy atom. The Balaban J connectivity index is 0.000000117. The minimum Gasteiger partial charge on any atom is -0.201 e. The van der Waals surface area contributed by atoms with Crippen LogP contribution in [0.2, 0.25) is 0 Å². The molecule has 3 heterocycles. The van der Waals surface area contributed by atoms with Crippen molar-refractivity contribution in [3.8, 4) is 67.2 Å². The Morgan fingerprint density at radius 3 is 0.964 bits per heavy atom. The van der Waals surface area contributed by atoms with E-state index in [1.165, 1.54) is 212 Å². The average Bonchev–Trinajstić information content (AvgIpc) is 4.03. The molecule has 9 aromatic rings. The van der Waals surface area contributed by atoms with E-state index < -0.39 is 0 Å². The van der Waals surface area contributed by atoms with Gasteiger partial charge in [-0.25, -0.2) is 13.7 Å². The third kappa shape index (κ3) is 11.4. The SMILES string of the molecule is Cc1ccccc1-c1cc(-c2ccc3c(c2)CC2(CCCC2)C3)cc[n+]1C.Cc1ccccc1-c1cc(-c2ccc3c(c2)CC2(CCCCC2)C3)cc[n+]1C.Cc1ccccc1-c1cc(-c2ccc3c(c2)CCC2(CCCC2)C3)cc[n+]1C. The summed E-state index contributed by atoms with van der Waals surface area (Å²) in [6.45, 7) is 6.58. The number of hydrogen-bond donors (Lipinski definition) is 0. The molecule has 3 aromatic heterocycles. The van der Waals surface area contributed by atoms with E-state index in [4.69, 9.17) is 0 Å². The summed E-state index contributed by atoms with van der Waals surface area (Å²) in [5.74, 6) is 0. The van der Waals surface area contributed by atoms with E-state index in [1.54, 1.807) is 33.4 Å². The Labute approximate surface area is 497 Å². The van der Waals surface area contributed by atoms with Gasteiger partial charge in [-0.3, -0.25) is 0 Å². The molecule has 6 aliphatic carbocycles. The highest BCUT2D eigenvalue weighted by molar-refractivity contribution is 5.74. The van der Waals surface area contributed by atoms with Crippen molar-refractivity contribution < 1.29 is 13.7 Å². The molecule has 0 unspecified atom stereocenters. The highest BCUT2D eigenvalue weighted by atomic mass is 14.9. The van der Waals surface area contributed by atoms with Crippen molar-refractivity contribution in [3.63, 3.8) is 0 Å². The normalized spacial score (nSPS) is 17.6. The highest BCUT2D eigenvalue weighted by Gasteiger charge is 2.41. The molecule has 0 bridgehead atoms. The summed E-state index contributed by atoms with van der Waals surface area (Å²) in [5, 5.41) is 0. The molecular formula is C80H88N3+3. The number of fused-ring (bicyclic) bond motifs is 3. The number of pyridine rings is 3. The zero-order valence-corrected chi connectivity index (χ0v) is 50.8. The lowest BCUT2D eigenvalue weighted by Gasteiger charge is -2.35. The first-order chi connectivity index (χ1) is 40.4. The molecule has 3 heteroatoms. The molecule has 6 aromatic carbocycles. The Bertz CT molecular complexity index is 3850. The van der Waals surface area contributed by atoms with E-state index in [0.717, 1.165) is 0 Å². The van der Waals surface area contributed by atoms with Crippen LogP contribution in [0.1, 0.15) is 140 Å². The van der Waals surface area contributed by atoms with E-state index in [9.17, 15) is 0 Å². The molecule has 0 amide bonds. The third-order valence-corrected chi connectivity index (χ3v) is 21.3. The first kappa shape index (κ1) is 55.0. The van der Waals surface area contributed by atoms with Gasteiger partial charge in [0.2, 0.25) is 17.1 Å². The van der Waals surface area contributed by atoms with Gasteiger partial charge in [0, 0.05) is 53.1 Å². The minimum atomic E-state index is 0.578. The van der Waals surface area contributed by atoms with E-state index in [-0.39, 0.29) is 0 Å². The third-order valence-electron chi connectivity index (χ3n) is 21.3. The van der Waals surface area contributed by atoms with Crippen molar-refractivity contribution >= 4 is 0 Å². The van der Waals surface area contributed by atoms with Crippen LogP contribution in [0.5, 0.6) is 0 Å². The zero-order valence-electron chi connectivity index (χ0n) is 50.8. The second-order valence-electron chi connectivity index (χ2n) is 27.0. The minimum absolute atomic E-state index is 0.578. The quantitative estimate of drug-likeness (QED) is 0.147. The maximum absolute atomic E-state index is 2.48. The van der Waals surface area contributed by atoms with Crippen molar-refractivity contribution in [2.24, 2.45) is 37.4 Å². The molecular weight excluding hydrogens is 1000 g/mol. The molecule has 3 nitrogen and oxygen atoms in total. The van der Waals surface area contributed by atoms with Gasteiger partial charge in [-0.1, -0.05) is 154 Å². The second kappa shape index (κ2) is 23.1. The monoisotopic (exact) mass is 1090 g/mol. The Kier molecular flexibility index (Phi) is 15.3. The number of aromatic nitrogens is 3. The van der Waals surface area contributed by atoms with Gasteiger partial charge in [0.15, 0.2) is 18.6 Å². The number of benzene rings is 6. The van der Waals surface area contributed by atoms with Crippen LogP contribution in [-0.2, 0) is 59.7 Å². The van der Waals surface area contributed by atoms with Crippen LogP contribution >= 0.6 is 0 Å². The number of nitrogens with zero attached hydrogens (tertiary/aromatic N) is 3. The van der Waals surface area contributed by atoms with Crippen LogP contribution in [0, 0.1) is 37.0 Å². The molecule has 0 atom stereocenters. The molecule has 0 aliphatic heterocycles. The van der Waals surface area contributed by atoms with Crippen LogP contribution < -0.4 is 13.7 Å². The summed E-state index contributed by atoms with van der Waals surface area (Å²) >= 11 is 0. The predicted molar refractivity (Wildman–Crippen MR) is 344 cm³/mol. The molecule has 0 radical (unpaired) electrons. The smallest absolute Gasteiger partial charge is 0.201 e. The van der Waals surface area contributed by atoms with Gasteiger partial charge < -0.3 is 0 Å². The molecule has 0 saturated heterocycles. The summed E-state index contributed by atoms with van der Waals surface area (Å²) in [6, 6.07) is 61.5. The van der Waals surface area contributed by atoms with Crippen molar-refractivity contribution in [1.82, 2.24) is 0 Å². The summed E-state index contributed by atoms with van der Waals surface area (Å²) in [7, 11) is 6.42. The molecule has 3 spiro atoms. The molecule has 3 fully saturated rings. The average molecular weight is 1090 g/mol. The summed E-state index contributed by atoms with van der Waals surface area (Å²) in [4.78, 5) is 0. The van der Waals surface area contributed by atoms with Crippen LogP contribution in [0.25, 0.3) is 67.2 Å². The Hall–Kier alpha value is -7.23. The molecule has 83 heavy (non-hydrogen) atoms. The molecule has 3 saturated carbocycles. The standard InChI is InChI=1S/2C27H30N.C26H28N/c1-20-8-4-5-9-25(20)26-17-22(12-15-28(26)2)21-10-11-23-18-27(19-24(23)16-21)13-6-3-7-14-27;1-20-7-3-4-8-25(20)26-18-23(12-16-28(26)2)21-9-10-24-19-27(13-5-6-14-27)15-11-22(24)17-21;1-19-7-3-4-8-24(19)25-16-21(11-14-27(25)2)20-9-10-22-17-26(12-5-6-13-26)18-23(22)15-20/h4-5,8-12,15-17H,3,6-7,13-14,18-19H2,1-2H3;3-4,7-10,12,16-18H,5-6,11,13-15,19H2,1-2H3;3-4,7-11,14-16H,5-6,12-13,17-18H2,1-2H3/q3*+1. The van der Waals surface area contributed by atoms with E-state index in [2.05, 4.69) is 238 Å². The number of hydrogen-bond acceptors (Lipinski definition) is 0. The van der Waals surface area contributed by atoms with Crippen molar-refractivity contribution in [1.29, 1.82) is 0 Å². The molecule has 6 aliphatic rings. The first-order valence-corrected chi connectivity index (χ1v) is 31.9. The maximum atomic E-state index is 2.48. The number of rotatable bonds is 6. The first-order valence-electron chi connectivity index (χ1n) is 31.9. The van der Waals surface area contributed by atoms with Gasteiger partial charge in [0.05, 0.1) is 0 Å². The lowest BCUT2D eigenvalue weighted by atomic mass is 9.70. The largest absolute Gasteiger partial charge is 0.213 e. The highest BCUT2D eigenvalue weighted by Crippen LogP contribution is 2.51. The fraction of sp³-hybridized carbons (Fsp3) is 0.362. The van der Waals surface area contributed by atoms with Crippen LogP contribution in [0.15, 0.2) is 182 Å². The zero-order chi connectivity index (χ0) is 56.7. The molecule has 0 N–H and O–H groups in total. The fourth-order valence-electron chi connectivity index (χ4n) is 16.4. The summed E-state index contributed by atoms with van der Waals surface area (Å²) in [6.07, 6.45) is 34.4. The van der Waals surface area contributed by atoms with E-state index in [0.29, 0.717) is 16.2 Å². The summed E-state index contributed by atoms with van der Waals surface area (Å²) < 4.78 is 6.69.